The van der Waals surface area contributed by atoms with Crippen molar-refractivity contribution in [2.24, 2.45) is 5.92 Å². The molecular weight excluding hydrogens is 432 g/mol. The summed E-state index contributed by atoms with van der Waals surface area (Å²) in [5, 5.41) is 3.31. The Morgan fingerprint density at radius 3 is 2.56 bits per heavy atom. The van der Waals surface area contributed by atoms with Gasteiger partial charge in [-0.1, -0.05) is 19.1 Å². The SMILES string of the molecule is COc1ccc(Cn2c(=O)[nH]c3cc(C(=O)NCCCN4CCC(C)CC4)ccc3c2=O)cc1. The first kappa shape index (κ1) is 23.8. The molecule has 1 aliphatic heterocycles. The van der Waals surface area contributed by atoms with Gasteiger partial charge in [0.15, 0.2) is 0 Å². The summed E-state index contributed by atoms with van der Waals surface area (Å²) in [7, 11) is 1.58. The van der Waals surface area contributed by atoms with Crippen molar-refractivity contribution in [1.82, 2.24) is 19.8 Å². The van der Waals surface area contributed by atoms with Crippen molar-refractivity contribution in [3.8, 4) is 5.75 Å². The lowest BCUT2D eigenvalue weighted by Crippen LogP contribution is -2.36. The molecule has 1 aromatic heterocycles. The maximum absolute atomic E-state index is 13.0. The number of carbonyl (C=O) groups is 1. The molecule has 0 radical (unpaired) electrons. The second-order valence-electron chi connectivity index (χ2n) is 9.06. The lowest BCUT2D eigenvalue weighted by atomic mass is 9.99. The summed E-state index contributed by atoms with van der Waals surface area (Å²) in [6.45, 7) is 6.26. The van der Waals surface area contributed by atoms with Gasteiger partial charge in [0, 0.05) is 12.1 Å². The smallest absolute Gasteiger partial charge is 0.329 e. The van der Waals surface area contributed by atoms with Gasteiger partial charge in [-0.25, -0.2) is 4.79 Å². The van der Waals surface area contributed by atoms with E-state index in [9.17, 15) is 14.4 Å². The van der Waals surface area contributed by atoms with Crippen molar-refractivity contribution in [2.75, 3.05) is 33.3 Å². The maximum atomic E-state index is 13.0. The number of methoxy groups -OCH3 is 1. The molecule has 1 aliphatic rings. The van der Waals surface area contributed by atoms with Crippen LogP contribution in [0.4, 0.5) is 0 Å². The number of rotatable bonds is 8. The number of hydrogen-bond acceptors (Lipinski definition) is 5. The normalized spacial score (nSPS) is 14.9. The van der Waals surface area contributed by atoms with Gasteiger partial charge in [0.1, 0.15) is 5.75 Å². The van der Waals surface area contributed by atoms with Crippen molar-refractivity contribution < 1.29 is 9.53 Å². The number of fused-ring (bicyclic) bond motifs is 1. The van der Waals surface area contributed by atoms with E-state index in [0.717, 1.165) is 42.1 Å². The number of benzene rings is 2. The van der Waals surface area contributed by atoms with Gasteiger partial charge in [-0.3, -0.25) is 14.2 Å². The molecule has 0 unspecified atom stereocenters. The van der Waals surface area contributed by atoms with E-state index in [1.54, 1.807) is 37.4 Å². The highest BCUT2D eigenvalue weighted by atomic mass is 16.5. The zero-order chi connectivity index (χ0) is 24.1. The standard InChI is InChI=1S/C26H32N4O4/c1-18-10-14-29(15-11-18)13-3-12-27-24(31)20-6-9-22-23(16-20)28-26(33)30(25(22)32)17-19-4-7-21(34-2)8-5-19/h4-9,16,18H,3,10-15,17H2,1-2H3,(H,27,31)(H,28,33). The van der Waals surface area contributed by atoms with Crippen LogP contribution in [-0.4, -0.2) is 53.6 Å². The highest BCUT2D eigenvalue weighted by Crippen LogP contribution is 2.16. The number of aromatic amines is 1. The van der Waals surface area contributed by atoms with Crippen molar-refractivity contribution in [3.63, 3.8) is 0 Å². The molecule has 8 nitrogen and oxygen atoms in total. The van der Waals surface area contributed by atoms with Gasteiger partial charge in [0.25, 0.3) is 11.5 Å². The lowest BCUT2D eigenvalue weighted by molar-refractivity contribution is 0.0950. The monoisotopic (exact) mass is 464 g/mol. The topological polar surface area (TPSA) is 96.4 Å². The van der Waals surface area contributed by atoms with E-state index in [2.05, 4.69) is 22.1 Å². The van der Waals surface area contributed by atoms with E-state index in [4.69, 9.17) is 4.74 Å². The second-order valence-corrected chi connectivity index (χ2v) is 9.06. The molecule has 0 aliphatic carbocycles. The number of carbonyl (C=O) groups excluding carboxylic acids is 1. The van der Waals surface area contributed by atoms with Gasteiger partial charge in [-0.2, -0.15) is 0 Å². The van der Waals surface area contributed by atoms with Crippen LogP contribution >= 0.6 is 0 Å². The molecule has 0 bridgehead atoms. The van der Waals surface area contributed by atoms with E-state index in [1.807, 2.05) is 12.1 Å². The fraction of sp³-hybridized carbons (Fsp3) is 0.423. The average molecular weight is 465 g/mol. The Balaban J connectivity index is 1.41. The first-order valence-corrected chi connectivity index (χ1v) is 11.8. The Hall–Kier alpha value is -3.39. The van der Waals surface area contributed by atoms with Crippen molar-refractivity contribution in [1.29, 1.82) is 0 Å². The third-order valence-electron chi connectivity index (χ3n) is 6.56. The summed E-state index contributed by atoms with van der Waals surface area (Å²) in [4.78, 5) is 43.4. The molecule has 2 N–H and O–H groups in total. The number of likely N-dealkylation sites (tertiary alicyclic amines) is 1. The summed E-state index contributed by atoms with van der Waals surface area (Å²) < 4.78 is 6.30. The van der Waals surface area contributed by atoms with Crippen LogP contribution in [0, 0.1) is 5.92 Å². The number of piperidine rings is 1. The number of amides is 1. The molecule has 1 amide bonds. The predicted molar refractivity (Wildman–Crippen MR) is 133 cm³/mol. The molecule has 1 fully saturated rings. The summed E-state index contributed by atoms with van der Waals surface area (Å²) in [6, 6.07) is 12.0. The number of hydrogen-bond donors (Lipinski definition) is 2. The molecule has 2 heterocycles. The fourth-order valence-electron chi connectivity index (χ4n) is 4.35. The van der Waals surface area contributed by atoms with Gasteiger partial charge in [0.05, 0.1) is 24.6 Å². The summed E-state index contributed by atoms with van der Waals surface area (Å²) in [6.07, 6.45) is 3.37. The minimum atomic E-state index is -0.512. The minimum Gasteiger partial charge on any atom is -0.497 e. The molecule has 0 saturated carbocycles. The van der Waals surface area contributed by atoms with Crippen LogP contribution in [0.3, 0.4) is 0 Å². The van der Waals surface area contributed by atoms with Gasteiger partial charge >= 0.3 is 5.69 Å². The Morgan fingerprint density at radius 2 is 1.85 bits per heavy atom. The second kappa shape index (κ2) is 10.7. The Bertz CT molecular complexity index is 1250. The highest BCUT2D eigenvalue weighted by Gasteiger charge is 2.15. The third kappa shape index (κ3) is 5.56. The number of nitrogens with one attached hydrogen (secondary N) is 2. The van der Waals surface area contributed by atoms with Crippen molar-refractivity contribution in [2.45, 2.75) is 32.7 Å². The van der Waals surface area contributed by atoms with E-state index in [0.29, 0.717) is 28.8 Å². The highest BCUT2D eigenvalue weighted by molar-refractivity contribution is 5.97. The Kier molecular flexibility index (Phi) is 7.47. The summed E-state index contributed by atoms with van der Waals surface area (Å²) in [5.41, 5.74) is 0.681. The Morgan fingerprint density at radius 1 is 1.12 bits per heavy atom. The quantitative estimate of drug-likeness (QED) is 0.500. The largest absolute Gasteiger partial charge is 0.497 e. The molecule has 34 heavy (non-hydrogen) atoms. The van der Waals surface area contributed by atoms with Gasteiger partial charge < -0.3 is 19.9 Å². The first-order valence-electron chi connectivity index (χ1n) is 11.8. The van der Waals surface area contributed by atoms with E-state index in [-0.39, 0.29) is 12.5 Å². The number of ether oxygens (including phenoxy) is 1. The van der Waals surface area contributed by atoms with E-state index >= 15 is 0 Å². The van der Waals surface area contributed by atoms with Gasteiger partial charge in [0.2, 0.25) is 0 Å². The van der Waals surface area contributed by atoms with Crippen molar-refractivity contribution in [3.05, 3.63) is 74.4 Å². The van der Waals surface area contributed by atoms with Crippen molar-refractivity contribution >= 4 is 16.8 Å². The molecule has 180 valence electrons. The van der Waals surface area contributed by atoms with Crippen LogP contribution in [-0.2, 0) is 6.54 Å². The number of nitrogens with zero attached hydrogens (tertiary/aromatic N) is 2. The van der Waals surface area contributed by atoms with Gasteiger partial charge in [-0.15, -0.1) is 0 Å². The molecule has 1 saturated heterocycles. The van der Waals surface area contributed by atoms with Crippen LogP contribution in [0.25, 0.3) is 10.9 Å². The predicted octanol–water partition coefficient (Wildman–Crippen LogP) is 2.60. The molecular formula is C26H32N4O4. The van der Waals surface area contributed by atoms with Gasteiger partial charge in [-0.05, 0) is 80.7 Å². The van der Waals surface area contributed by atoms with Crippen LogP contribution < -0.4 is 21.3 Å². The zero-order valence-electron chi connectivity index (χ0n) is 19.8. The average Bonchev–Trinajstić information content (AvgIpc) is 2.85. The number of H-pyrrole nitrogens is 1. The molecule has 0 atom stereocenters. The minimum absolute atomic E-state index is 0.145. The molecule has 0 spiro atoms. The summed E-state index contributed by atoms with van der Waals surface area (Å²) >= 11 is 0. The van der Waals surface area contributed by atoms with E-state index in [1.165, 1.54) is 12.8 Å². The molecule has 4 rings (SSSR count). The Labute approximate surface area is 198 Å². The summed E-state index contributed by atoms with van der Waals surface area (Å²) in [5.74, 6) is 1.30. The van der Waals surface area contributed by atoms with E-state index < -0.39 is 11.2 Å². The molecule has 2 aromatic carbocycles. The molecule has 3 aromatic rings. The molecule has 8 heteroatoms. The van der Waals surface area contributed by atoms with Crippen LogP contribution in [0.1, 0.15) is 42.1 Å². The zero-order valence-corrected chi connectivity index (χ0v) is 19.8. The van der Waals surface area contributed by atoms with Crippen LogP contribution in [0.15, 0.2) is 52.1 Å². The fourth-order valence-corrected chi connectivity index (χ4v) is 4.35. The first-order chi connectivity index (χ1) is 16.4. The maximum Gasteiger partial charge on any atom is 0.329 e. The van der Waals surface area contributed by atoms with Crippen LogP contribution in [0.2, 0.25) is 0 Å². The third-order valence-corrected chi connectivity index (χ3v) is 6.56. The van der Waals surface area contributed by atoms with Crippen LogP contribution in [0.5, 0.6) is 5.75 Å². The lowest BCUT2D eigenvalue weighted by Gasteiger charge is -2.30. The number of aromatic nitrogens is 2.